The summed E-state index contributed by atoms with van der Waals surface area (Å²) < 4.78 is 0. The molecule has 8 heteroatoms. The van der Waals surface area contributed by atoms with Gasteiger partial charge in [-0.3, -0.25) is 9.78 Å². The molecule has 0 aliphatic carbocycles. The second-order valence-electron chi connectivity index (χ2n) is 7.15. The maximum Gasteiger partial charge on any atom is 0.321 e. The van der Waals surface area contributed by atoms with Crippen molar-refractivity contribution in [2.45, 2.75) is 45.7 Å². The average Bonchev–Trinajstić information content (AvgIpc) is 2.93. The van der Waals surface area contributed by atoms with E-state index in [1.165, 1.54) is 6.33 Å². The standard InChI is InChI=1S/C20H26N6O2/c1-15-8-18(12-21-9-15)24-20(28)25-6-3-4-19(5-7-25)26(16(2)27)13-17-10-22-14-23-11-17/h8-12,14,19H,3-7,13H2,1-2H3,(H,24,28). The van der Waals surface area contributed by atoms with Gasteiger partial charge in [0, 0.05) is 56.8 Å². The summed E-state index contributed by atoms with van der Waals surface area (Å²) in [4.78, 5) is 40.7. The molecule has 1 unspecified atom stereocenters. The highest BCUT2D eigenvalue weighted by atomic mass is 16.2. The molecule has 3 amide bonds. The number of likely N-dealkylation sites (tertiary alicyclic amines) is 1. The Balaban J connectivity index is 1.61. The van der Waals surface area contributed by atoms with Gasteiger partial charge in [0.15, 0.2) is 0 Å². The lowest BCUT2D eigenvalue weighted by Crippen LogP contribution is -2.40. The smallest absolute Gasteiger partial charge is 0.321 e. The number of hydrogen-bond acceptors (Lipinski definition) is 5. The number of pyridine rings is 1. The number of aryl methyl sites for hydroxylation is 1. The van der Waals surface area contributed by atoms with Gasteiger partial charge < -0.3 is 15.1 Å². The first-order valence-electron chi connectivity index (χ1n) is 9.51. The molecule has 0 bridgehead atoms. The lowest BCUT2D eigenvalue weighted by atomic mass is 10.1. The van der Waals surface area contributed by atoms with E-state index in [1.54, 1.807) is 31.7 Å². The number of hydrogen-bond donors (Lipinski definition) is 1. The molecule has 3 rings (SSSR count). The van der Waals surface area contributed by atoms with Crippen molar-refractivity contribution in [3.63, 3.8) is 0 Å². The fourth-order valence-electron chi connectivity index (χ4n) is 3.53. The van der Waals surface area contributed by atoms with Gasteiger partial charge in [-0.15, -0.1) is 0 Å². The van der Waals surface area contributed by atoms with Crippen molar-refractivity contribution in [2.75, 3.05) is 18.4 Å². The van der Waals surface area contributed by atoms with E-state index in [2.05, 4.69) is 20.3 Å². The van der Waals surface area contributed by atoms with Crippen LogP contribution in [-0.4, -0.2) is 55.8 Å². The average molecular weight is 382 g/mol. The molecule has 1 fully saturated rings. The lowest BCUT2D eigenvalue weighted by molar-refractivity contribution is -0.132. The number of carbonyl (C=O) groups excluding carboxylic acids is 2. The summed E-state index contributed by atoms with van der Waals surface area (Å²) in [5, 5.41) is 2.91. The van der Waals surface area contributed by atoms with Crippen LogP contribution in [0, 0.1) is 6.92 Å². The molecular formula is C20H26N6O2. The molecule has 28 heavy (non-hydrogen) atoms. The van der Waals surface area contributed by atoms with E-state index < -0.39 is 0 Å². The van der Waals surface area contributed by atoms with Crippen molar-refractivity contribution in [3.05, 3.63) is 48.3 Å². The maximum absolute atomic E-state index is 12.6. The van der Waals surface area contributed by atoms with Crippen LogP contribution in [0.5, 0.6) is 0 Å². The first kappa shape index (κ1) is 19.7. The Morgan fingerprint density at radius 1 is 1.14 bits per heavy atom. The summed E-state index contributed by atoms with van der Waals surface area (Å²) in [6.45, 7) is 5.28. The Bertz CT molecular complexity index is 813. The SMILES string of the molecule is CC(=O)N(Cc1cncnc1)C1CCCN(C(=O)Nc2cncc(C)c2)CC1. The zero-order chi connectivity index (χ0) is 19.9. The minimum atomic E-state index is -0.126. The van der Waals surface area contributed by atoms with Crippen LogP contribution in [0.3, 0.4) is 0 Å². The van der Waals surface area contributed by atoms with Crippen molar-refractivity contribution >= 4 is 17.6 Å². The molecule has 1 aliphatic rings. The highest BCUT2D eigenvalue weighted by molar-refractivity contribution is 5.89. The van der Waals surface area contributed by atoms with Crippen LogP contribution in [0.1, 0.15) is 37.3 Å². The van der Waals surface area contributed by atoms with Crippen LogP contribution in [0.15, 0.2) is 37.2 Å². The fourth-order valence-corrected chi connectivity index (χ4v) is 3.53. The van der Waals surface area contributed by atoms with E-state index in [0.29, 0.717) is 25.3 Å². The van der Waals surface area contributed by atoms with Gasteiger partial charge in [-0.1, -0.05) is 0 Å². The number of rotatable bonds is 4. The van der Waals surface area contributed by atoms with Gasteiger partial charge in [0.1, 0.15) is 6.33 Å². The fraction of sp³-hybridized carbons (Fsp3) is 0.450. The quantitative estimate of drug-likeness (QED) is 0.878. The summed E-state index contributed by atoms with van der Waals surface area (Å²) in [6, 6.07) is 1.86. The number of anilines is 1. The third-order valence-corrected chi connectivity index (χ3v) is 4.92. The van der Waals surface area contributed by atoms with Crippen molar-refractivity contribution in [1.29, 1.82) is 0 Å². The van der Waals surface area contributed by atoms with E-state index in [0.717, 1.165) is 30.4 Å². The molecule has 8 nitrogen and oxygen atoms in total. The summed E-state index contributed by atoms with van der Waals surface area (Å²) in [7, 11) is 0. The number of urea groups is 1. The van der Waals surface area contributed by atoms with Crippen molar-refractivity contribution in [2.24, 2.45) is 0 Å². The number of carbonyl (C=O) groups is 2. The molecule has 0 radical (unpaired) electrons. The summed E-state index contributed by atoms with van der Waals surface area (Å²) in [5.41, 5.74) is 2.60. The van der Waals surface area contributed by atoms with Crippen molar-refractivity contribution < 1.29 is 9.59 Å². The zero-order valence-electron chi connectivity index (χ0n) is 16.3. The van der Waals surface area contributed by atoms with E-state index in [1.807, 2.05) is 22.8 Å². The Morgan fingerprint density at radius 3 is 2.64 bits per heavy atom. The first-order valence-corrected chi connectivity index (χ1v) is 9.51. The van der Waals surface area contributed by atoms with E-state index in [-0.39, 0.29) is 18.0 Å². The van der Waals surface area contributed by atoms with Gasteiger partial charge in [-0.05, 0) is 37.8 Å². The normalized spacial score (nSPS) is 16.9. The number of nitrogens with zero attached hydrogens (tertiary/aromatic N) is 5. The minimum absolute atomic E-state index is 0.0255. The highest BCUT2D eigenvalue weighted by Crippen LogP contribution is 2.20. The summed E-state index contributed by atoms with van der Waals surface area (Å²) in [6.07, 6.45) is 10.8. The van der Waals surface area contributed by atoms with Crippen LogP contribution < -0.4 is 5.32 Å². The summed E-state index contributed by atoms with van der Waals surface area (Å²) >= 11 is 0. The number of nitrogens with one attached hydrogen (secondary N) is 1. The zero-order valence-corrected chi connectivity index (χ0v) is 16.3. The first-order chi connectivity index (χ1) is 13.5. The van der Waals surface area contributed by atoms with Gasteiger partial charge in [0.2, 0.25) is 5.91 Å². The molecule has 2 aromatic rings. The van der Waals surface area contributed by atoms with Crippen LogP contribution in [-0.2, 0) is 11.3 Å². The molecule has 0 saturated carbocycles. The molecule has 3 heterocycles. The van der Waals surface area contributed by atoms with Gasteiger partial charge in [-0.25, -0.2) is 14.8 Å². The monoisotopic (exact) mass is 382 g/mol. The minimum Gasteiger partial charge on any atom is -0.335 e. The molecule has 0 aromatic carbocycles. The Hall–Kier alpha value is -3.03. The molecule has 0 spiro atoms. The van der Waals surface area contributed by atoms with Crippen molar-refractivity contribution in [3.8, 4) is 0 Å². The Kier molecular flexibility index (Phi) is 6.52. The number of amides is 3. The third-order valence-electron chi connectivity index (χ3n) is 4.92. The van der Waals surface area contributed by atoms with Crippen LogP contribution in [0.2, 0.25) is 0 Å². The van der Waals surface area contributed by atoms with Crippen LogP contribution in [0.4, 0.5) is 10.5 Å². The van der Waals surface area contributed by atoms with Crippen molar-refractivity contribution in [1.82, 2.24) is 24.8 Å². The highest BCUT2D eigenvalue weighted by Gasteiger charge is 2.26. The van der Waals surface area contributed by atoms with Gasteiger partial charge >= 0.3 is 6.03 Å². The van der Waals surface area contributed by atoms with Gasteiger partial charge in [-0.2, -0.15) is 0 Å². The van der Waals surface area contributed by atoms with Gasteiger partial charge in [0.25, 0.3) is 0 Å². The third kappa shape index (κ3) is 5.25. The molecular weight excluding hydrogens is 356 g/mol. The van der Waals surface area contributed by atoms with Crippen LogP contribution in [0.25, 0.3) is 0 Å². The topological polar surface area (TPSA) is 91.3 Å². The van der Waals surface area contributed by atoms with Crippen LogP contribution >= 0.6 is 0 Å². The molecule has 1 atom stereocenters. The molecule has 1 aliphatic heterocycles. The largest absolute Gasteiger partial charge is 0.335 e. The molecule has 1 saturated heterocycles. The molecule has 148 valence electrons. The molecule has 1 N–H and O–H groups in total. The lowest BCUT2D eigenvalue weighted by Gasteiger charge is -2.30. The Morgan fingerprint density at radius 2 is 1.93 bits per heavy atom. The Labute approximate surface area is 165 Å². The van der Waals surface area contributed by atoms with Gasteiger partial charge in [0.05, 0.1) is 11.9 Å². The second kappa shape index (κ2) is 9.25. The molecule has 2 aromatic heterocycles. The maximum atomic E-state index is 12.6. The van der Waals surface area contributed by atoms with E-state index in [4.69, 9.17) is 0 Å². The van der Waals surface area contributed by atoms with E-state index >= 15 is 0 Å². The summed E-state index contributed by atoms with van der Waals surface area (Å²) in [5.74, 6) is 0.0255. The van der Waals surface area contributed by atoms with E-state index in [9.17, 15) is 9.59 Å². The predicted molar refractivity (Wildman–Crippen MR) is 105 cm³/mol. The predicted octanol–water partition coefficient (Wildman–Crippen LogP) is 2.62. The second-order valence-corrected chi connectivity index (χ2v) is 7.15. The number of aromatic nitrogens is 3.